The van der Waals surface area contributed by atoms with E-state index in [0.717, 1.165) is 5.39 Å². The van der Waals surface area contributed by atoms with Crippen molar-refractivity contribution in [1.82, 2.24) is 4.98 Å². The van der Waals surface area contributed by atoms with Crippen LogP contribution in [0.4, 0.5) is 16.2 Å². The topological polar surface area (TPSA) is 103 Å². The lowest BCUT2D eigenvalue weighted by Crippen LogP contribution is -2.19. The summed E-state index contributed by atoms with van der Waals surface area (Å²) >= 11 is 6.38. The molecule has 30 heavy (non-hydrogen) atoms. The van der Waals surface area contributed by atoms with Gasteiger partial charge in [-0.15, -0.1) is 0 Å². The van der Waals surface area contributed by atoms with E-state index in [2.05, 4.69) is 15.6 Å². The average molecular weight is 428 g/mol. The smallest absolute Gasteiger partial charge is 0.409 e. The number of rotatable bonds is 7. The van der Waals surface area contributed by atoms with Crippen LogP contribution < -0.4 is 20.9 Å². The van der Waals surface area contributed by atoms with E-state index in [9.17, 15) is 9.59 Å². The van der Waals surface area contributed by atoms with Crippen molar-refractivity contribution >= 4 is 40.0 Å². The highest BCUT2D eigenvalue weighted by Gasteiger charge is 2.22. The van der Waals surface area contributed by atoms with E-state index in [4.69, 9.17) is 21.4 Å². The lowest BCUT2D eigenvalue weighted by atomic mass is 10.1. The molecule has 8 heteroatoms. The molecule has 0 aliphatic heterocycles. The lowest BCUT2D eigenvalue weighted by molar-refractivity contribution is 0.210. The van der Waals surface area contributed by atoms with Crippen LogP contribution in [0, 0.1) is 5.92 Å². The molecular weight excluding hydrogens is 406 g/mol. The normalized spacial score (nSPS) is 14.3. The Hall–Kier alpha value is -3.19. The molecule has 156 valence electrons. The fraction of sp³-hybridized carbons (Fsp3) is 0.273. The minimum atomic E-state index is -1.14. The molecule has 0 saturated heterocycles. The first-order valence-corrected chi connectivity index (χ1v) is 10.1. The number of fused-ring (bicyclic) bond motifs is 1. The van der Waals surface area contributed by atoms with Gasteiger partial charge in [-0.2, -0.15) is 0 Å². The molecule has 0 spiro atoms. The Morgan fingerprint density at radius 1 is 1.27 bits per heavy atom. The summed E-state index contributed by atoms with van der Waals surface area (Å²) in [5.74, 6) is 1.18. The van der Waals surface area contributed by atoms with Crippen LogP contribution in [-0.2, 0) is 0 Å². The van der Waals surface area contributed by atoms with E-state index in [1.54, 1.807) is 36.4 Å². The molecule has 4 rings (SSSR count). The van der Waals surface area contributed by atoms with Crippen molar-refractivity contribution < 1.29 is 14.6 Å². The van der Waals surface area contributed by atoms with Crippen molar-refractivity contribution in [2.75, 3.05) is 17.2 Å². The summed E-state index contributed by atoms with van der Waals surface area (Å²) in [5.41, 5.74) is 2.13. The summed E-state index contributed by atoms with van der Waals surface area (Å²) in [6.45, 7) is 2.51. The molecule has 1 heterocycles. The summed E-state index contributed by atoms with van der Waals surface area (Å²) in [5, 5.41) is 15.7. The number of nitrogens with one attached hydrogen (secondary N) is 3. The zero-order chi connectivity index (χ0) is 21.3. The van der Waals surface area contributed by atoms with Crippen LogP contribution >= 0.6 is 11.6 Å². The van der Waals surface area contributed by atoms with Gasteiger partial charge in [0.25, 0.3) is 5.56 Å². The Balaban J connectivity index is 1.57. The fourth-order valence-corrected chi connectivity index (χ4v) is 3.51. The lowest BCUT2D eigenvalue weighted by Gasteiger charge is -2.17. The quantitative estimate of drug-likeness (QED) is 0.413. The molecule has 1 fully saturated rings. The van der Waals surface area contributed by atoms with Crippen LogP contribution in [0.3, 0.4) is 0 Å². The van der Waals surface area contributed by atoms with Crippen LogP contribution in [0.5, 0.6) is 5.75 Å². The van der Waals surface area contributed by atoms with Crippen molar-refractivity contribution in [3.05, 3.63) is 63.4 Å². The highest BCUT2D eigenvalue weighted by Crippen LogP contribution is 2.34. The third-order valence-electron chi connectivity index (χ3n) is 5.06. The molecule has 1 amide bonds. The summed E-state index contributed by atoms with van der Waals surface area (Å²) in [6.07, 6.45) is 1.24. The van der Waals surface area contributed by atoms with Crippen LogP contribution in [0.1, 0.15) is 31.4 Å². The predicted molar refractivity (Wildman–Crippen MR) is 118 cm³/mol. The maximum atomic E-state index is 12.7. The number of benzene rings is 2. The van der Waals surface area contributed by atoms with E-state index in [1.165, 1.54) is 12.8 Å². The SMILES string of the molecule is C[C@H](Nc1cccc(NC(=O)O)c1)c1cc2cc(Cl)c(OCC3CC3)cc2[nH]c1=O. The van der Waals surface area contributed by atoms with Crippen molar-refractivity contribution in [3.63, 3.8) is 0 Å². The average Bonchev–Trinajstić information content (AvgIpc) is 3.50. The molecule has 1 aromatic heterocycles. The highest BCUT2D eigenvalue weighted by atomic mass is 35.5. The van der Waals surface area contributed by atoms with Gasteiger partial charge in [0.2, 0.25) is 0 Å². The Morgan fingerprint density at radius 3 is 2.77 bits per heavy atom. The second kappa shape index (κ2) is 8.28. The number of carbonyl (C=O) groups is 1. The molecule has 7 nitrogen and oxygen atoms in total. The first-order valence-electron chi connectivity index (χ1n) is 9.75. The van der Waals surface area contributed by atoms with Crippen LogP contribution in [0.15, 0.2) is 47.3 Å². The number of hydrogen-bond donors (Lipinski definition) is 4. The van der Waals surface area contributed by atoms with Crippen LogP contribution in [0.25, 0.3) is 10.9 Å². The Morgan fingerprint density at radius 2 is 2.03 bits per heavy atom. The van der Waals surface area contributed by atoms with E-state index < -0.39 is 6.09 Å². The van der Waals surface area contributed by atoms with Gasteiger partial charge < -0.3 is 20.1 Å². The number of anilines is 2. The Bertz CT molecular complexity index is 1160. The molecule has 1 atom stereocenters. The number of hydrogen-bond acceptors (Lipinski definition) is 4. The molecule has 1 saturated carbocycles. The van der Waals surface area contributed by atoms with Gasteiger partial charge >= 0.3 is 6.09 Å². The number of H-pyrrole nitrogens is 1. The Kier molecular flexibility index (Phi) is 5.55. The zero-order valence-electron chi connectivity index (χ0n) is 16.4. The van der Waals surface area contributed by atoms with E-state index >= 15 is 0 Å². The third kappa shape index (κ3) is 4.68. The second-order valence-corrected chi connectivity index (χ2v) is 7.96. The standard InChI is InChI=1S/C22H22ClN3O4/c1-12(24-15-3-2-4-16(9-15)25-22(28)29)17-7-14-8-18(23)20(30-11-13-5-6-13)10-19(14)26-21(17)27/h2-4,7-10,12-13,24-25H,5-6,11H2,1H3,(H,26,27)(H,28,29)/t12-/m0/s1. The molecule has 2 aromatic carbocycles. The van der Waals surface area contributed by atoms with Gasteiger partial charge in [0.05, 0.1) is 23.2 Å². The number of ether oxygens (including phenoxy) is 1. The largest absolute Gasteiger partial charge is 0.492 e. The monoisotopic (exact) mass is 427 g/mol. The van der Waals surface area contributed by atoms with Crippen molar-refractivity contribution in [2.45, 2.75) is 25.8 Å². The fourth-order valence-electron chi connectivity index (χ4n) is 3.29. The maximum Gasteiger partial charge on any atom is 0.409 e. The maximum absolute atomic E-state index is 12.7. The van der Waals surface area contributed by atoms with Crippen molar-refractivity contribution in [2.24, 2.45) is 5.92 Å². The number of aromatic nitrogens is 1. The van der Waals surface area contributed by atoms with Gasteiger partial charge in [0.1, 0.15) is 5.75 Å². The second-order valence-electron chi connectivity index (χ2n) is 7.56. The van der Waals surface area contributed by atoms with Gasteiger partial charge in [-0.1, -0.05) is 17.7 Å². The third-order valence-corrected chi connectivity index (χ3v) is 5.36. The summed E-state index contributed by atoms with van der Waals surface area (Å²) in [7, 11) is 0. The molecule has 0 bridgehead atoms. The molecule has 1 aliphatic carbocycles. The van der Waals surface area contributed by atoms with Gasteiger partial charge in [0.15, 0.2) is 0 Å². The first kappa shape index (κ1) is 20.1. The van der Waals surface area contributed by atoms with Crippen LogP contribution in [-0.4, -0.2) is 22.8 Å². The molecule has 0 radical (unpaired) electrons. The summed E-state index contributed by atoms with van der Waals surface area (Å²) in [4.78, 5) is 26.4. The van der Waals surface area contributed by atoms with Gasteiger partial charge in [-0.3, -0.25) is 10.1 Å². The van der Waals surface area contributed by atoms with Crippen LogP contribution in [0.2, 0.25) is 5.02 Å². The number of pyridine rings is 1. The van der Waals surface area contributed by atoms with Crippen molar-refractivity contribution in [3.8, 4) is 5.75 Å². The molecule has 4 N–H and O–H groups in total. The molecular formula is C22H22ClN3O4. The zero-order valence-corrected chi connectivity index (χ0v) is 17.1. The van der Waals surface area contributed by atoms with Gasteiger partial charge in [-0.05, 0) is 56.0 Å². The molecule has 1 aliphatic rings. The minimum Gasteiger partial charge on any atom is -0.492 e. The summed E-state index contributed by atoms with van der Waals surface area (Å²) < 4.78 is 5.79. The first-order chi connectivity index (χ1) is 14.4. The minimum absolute atomic E-state index is 0.210. The highest BCUT2D eigenvalue weighted by molar-refractivity contribution is 6.32. The molecule has 0 unspecified atom stereocenters. The van der Waals surface area contributed by atoms with Gasteiger partial charge in [-0.25, -0.2) is 4.79 Å². The summed E-state index contributed by atoms with van der Waals surface area (Å²) in [6, 6.07) is 11.9. The van der Waals surface area contributed by atoms with E-state index in [-0.39, 0.29) is 11.6 Å². The number of aromatic amines is 1. The number of carboxylic acid groups (broad SMARTS) is 1. The number of halogens is 1. The number of amides is 1. The van der Waals surface area contributed by atoms with E-state index in [0.29, 0.717) is 45.8 Å². The van der Waals surface area contributed by atoms with Crippen molar-refractivity contribution in [1.29, 1.82) is 0 Å². The molecule has 3 aromatic rings. The Labute approximate surface area is 178 Å². The van der Waals surface area contributed by atoms with E-state index in [1.807, 2.05) is 13.0 Å². The van der Waals surface area contributed by atoms with Gasteiger partial charge in [0, 0.05) is 28.4 Å². The predicted octanol–water partition coefficient (Wildman–Crippen LogP) is 5.23.